The van der Waals surface area contributed by atoms with E-state index < -0.39 is 0 Å². The number of allylic oxidation sites excluding steroid dienone is 5. The largest absolute Gasteiger partial charge is 0.456 e. The van der Waals surface area contributed by atoms with E-state index in [0.717, 1.165) is 17.1 Å². The molecule has 0 spiro atoms. The van der Waals surface area contributed by atoms with Gasteiger partial charge >= 0.3 is 0 Å². The third kappa shape index (κ3) is 3.11. The van der Waals surface area contributed by atoms with Gasteiger partial charge < -0.3 is 4.74 Å². The molecular formula is C36H26O. The molecule has 2 aliphatic rings. The molecule has 1 atom stereocenters. The molecule has 1 heteroatoms. The maximum atomic E-state index is 6.41. The van der Waals surface area contributed by atoms with Gasteiger partial charge in [0.2, 0.25) is 0 Å². The van der Waals surface area contributed by atoms with Crippen LogP contribution in [-0.4, -0.2) is 0 Å². The van der Waals surface area contributed by atoms with Crippen molar-refractivity contribution in [2.24, 2.45) is 0 Å². The van der Waals surface area contributed by atoms with Crippen molar-refractivity contribution in [3.8, 4) is 22.6 Å². The highest BCUT2D eigenvalue weighted by Gasteiger charge is 2.42. The van der Waals surface area contributed by atoms with E-state index in [9.17, 15) is 0 Å². The van der Waals surface area contributed by atoms with E-state index in [0.29, 0.717) is 0 Å². The molecule has 1 aliphatic heterocycles. The van der Waals surface area contributed by atoms with Gasteiger partial charge in [0.15, 0.2) is 0 Å². The minimum absolute atomic E-state index is 0.313. The van der Waals surface area contributed by atoms with Gasteiger partial charge in [-0.05, 0) is 69.5 Å². The molecule has 0 N–H and O–H groups in total. The molecule has 176 valence electrons. The summed E-state index contributed by atoms with van der Waals surface area (Å²) in [6.07, 6.45) is 6.10. The van der Waals surface area contributed by atoms with Crippen LogP contribution in [0.4, 0.5) is 0 Å². The van der Waals surface area contributed by atoms with Crippen LogP contribution in [0.25, 0.3) is 33.0 Å². The Balaban J connectivity index is 1.53. The Morgan fingerprint density at radius 2 is 1.46 bits per heavy atom. The molecule has 1 heterocycles. The summed E-state index contributed by atoms with van der Waals surface area (Å²) in [5.74, 6) is 1.82. The highest BCUT2D eigenvalue weighted by molar-refractivity contribution is 6.09. The molecule has 5 aromatic rings. The topological polar surface area (TPSA) is 9.23 Å². The fourth-order valence-electron chi connectivity index (χ4n) is 6.27. The summed E-state index contributed by atoms with van der Waals surface area (Å²) in [4.78, 5) is 0. The minimum Gasteiger partial charge on any atom is -0.456 e. The average Bonchev–Trinajstić information content (AvgIpc) is 3.21. The van der Waals surface area contributed by atoms with Gasteiger partial charge in [0.1, 0.15) is 11.5 Å². The second kappa shape index (κ2) is 8.21. The molecule has 0 saturated carbocycles. The lowest BCUT2D eigenvalue weighted by Gasteiger charge is -2.32. The standard InChI is InChI=1S/C36H26O/c1-3-4-16-29-27-17-8-9-19-31(27)36(2,26-14-6-5-7-15-26)35(29)25-21-22-32-30(23-25)28-18-10-12-24-13-11-20-33(37-32)34(24)28/h3-23H,1H2,2H3/b16-4-. The van der Waals surface area contributed by atoms with Crippen molar-refractivity contribution in [1.29, 1.82) is 0 Å². The Morgan fingerprint density at radius 3 is 2.30 bits per heavy atom. The lowest BCUT2D eigenvalue weighted by atomic mass is 9.71. The molecule has 0 saturated heterocycles. The number of hydrogen-bond donors (Lipinski definition) is 0. The molecule has 1 aliphatic carbocycles. The Bertz CT molecular complexity index is 1760. The van der Waals surface area contributed by atoms with Gasteiger partial charge in [-0.2, -0.15) is 0 Å². The van der Waals surface area contributed by atoms with E-state index in [-0.39, 0.29) is 5.41 Å². The SMILES string of the molecule is C=C/C=C\C1=C(c2ccc3c(c2)-c2cccc4cccc(c24)O3)C(C)(c2ccccc2)c2ccccc21. The van der Waals surface area contributed by atoms with Crippen molar-refractivity contribution >= 4 is 21.9 Å². The summed E-state index contributed by atoms with van der Waals surface area (Å²) in [6.45, 7) is 6.30. The molecule has 5 aromatic carbocycles. The number of ether oxygens (including phenoxy) is 1. The van der Waals surface area contributed by atoms with Crippen molar-refractivity contribution in [3.05, 3.63) is 156 Å². The molecule has 0 amide bonds. The Labute approximate surface area is 217 Å². The highest BCUT2D eigenvalue weighted by Crippen LogP contribution is 2.56. The third-order valence-corrected chi connectivity index (χ3v) is 7.92. The van der Waals surface area contributed by atoms with Gasteiger partial charge in [0.05, 0.1) is 0 Å². The van der Waals surface area contributed by atoms with E-state index in [1.165, 1.54) is 49.7 Å². The summed E-state index contributed by atoms with van der Waals surface area (Å²) in [5.41, 5.74) is 9.64. The molecular weight excluding hydrogens is 448 g/mol. The first-order valence-corrected chi connectivity index (χ1v) is 12.7. The fourth-order valence-corrected chi connectivity index (χ4v) is 6.27. The molecule has 0 radical (unpaired) electrons. The van der Waals surface area contributed by atoms with Crippen LogP contribution in [0, 0.1) is 0 Å². The smallest absolute Gasteiger partial charge is 0.135 e. The predicted octanol–water partition coefficient (Wildman–Crippen LogP) is 9.59. The van der Waals surface area contributed by atoms with Crippen molar-refractivity contribution in [2.75, 3.05) is 0 Å². The van der Waals surface area contributed by atoms with Gasteiger partial charge in [0.25, 0.3) is 0 Å². The van der Waals surface area contributed by atoms with E-state index >= 15 is 0 Å². The van der Waals surface area contributed by atoms with Crippen LogP contribution in [-0.2, 0) is 5.41 Å². The Kier molecular flexibility index (Phi) is 4.81. The van der Waals surface area contributed by atoms with Gasteiger partial charge in [-0.1, -0.05) is 116 Å². The Hall–Kier alpha value is -4.62. The monoisotopic (exact) mass is 474 g/mol. The lowest BCUT2D eigenvalue weighted by Crippen LogP contribution is -2.23. The first-order chi connectivity index (χ1) is 18.2. The van der Waals surface area contributed by atoms with E-state index in [4.69, 9.17) is 4.74 Å². The van der Waals surface area contributed by atoms with Crippen LogP contribution in [0.15, 0.2) is 134 Å². The molecule has 1 nitrogen and oxygen atoms in total. The summed E-state index contributed by atoms with van der Waals surface area (Å²) >= 11 is 0. The fraction of sp³-hybridized carbons (Fsp3) is 0.0556. The third-order valence-electron chi connectivity index (χ3n) is 7.92. The van der Waals surface area contributed by atoms with Gasteiger partial charge in [0, 0.05) is 16.4 Å². The van der Waals surface area contributed by atoms with Gasteiger partial charge in [-0.25, -0.2) is 0 Å². The van der Waals surface area contributed by atoms with Crippen LogP contribution in [0.1, 0.15) is 29.2 Å². The van der Waals surface area contributed by atoms with Crippen molar-refractivity contribution < 1.29 is 4.74 Å². The van der Waals surface area contributed by atoms with Crippen molar-refractivity contribution in [2.45, 2.75) is 12.3 Å². The zero-order valence-corrected chi connectivity index (χ0v) is 20.7. The van der Waals surface area contributed by atoms with Crippen LogP contribution < -0.4 is 4.74 Å². The van der Waals surface area contributed by atoms with Crippen molar-refractivity contribution in [1.82, 2.24) is 0 Å². The zero-order valence-electron chi connectivity index (χ0n) is 20.7. The lowest BCUT2D eigenvalue weighted by molar-refractivity contribution is 0.487. The summed E-state index contributed by atoms with van der Waals surface area (Å²) in [5, 5.41) is 2.37. The van der Waals surface area contributed by atoms with E-state index in [2.05, 4.69) is 129 Å². The van der Waals surface area contributed by atoms with Crippen LogP contribution in [0.3, 0.4) is 0 Å². The predicted molar refractivity (Wildman–Crippen MR) is 155 cm³/mol. The maximum Gasteiger partial charge on any atom is 0.135 e. The van der Waals surface area contributed by atoms with Gasteiger partial charge in [-0.15, -0.1) is 0 Å². The van der Waals surface area contributed by atoms with Crippen molar-refractivity contribution in [3.63, 3.8) is 0 Å². The Morgan fingerprint density at radius 1 is 0.703 bits per heavy atom. The van der Waals surface area contributed by atoms with Crippen LogP contribution in [0.5, 0.6) is 11.5 Å². The summed E-state index contributed by atoms with van der Waals surface area (Å²) in [6, 6.07) is 39.1. The zero-order chi connectivity index (χ0) is 25.0. The van der Waals surface area contributed by atoms with E-state index in [1.807, 2.05) is 12.2 Å². The quantitative estimate of drug-likeness (QED) is 0.231. The van der Waals surface area contributed by atoms with Gasteiger partial charge in [-0.3, -0.25) is 0 Å². The first-order valence-electron chi connectivity index (χ1n) is 12.7. The molecule has 37 heavy (non-hydrogen) atoms. The summed E-state index contributed by atoms with van der Waals surface area (Å²) in [7, 11) is 0. The average molecular weight is 475 g/mol. The minimum atomic E-state index is -0.313. The number of rotatable bonds is 4. The second-order valence-electron chi connectivity index (χ2n) is 9.89. The first kappa shape index (κ1) is 21.6. The normalized spacial score (nSPS) is 17.5. The molecule has 0 fully saturated rings. The number of benzene rings is 5. The number of fused-ring (bicyclic) bond motifs is 3. The molecule has 0 bridgehead atoms. The van der Waals surface area contributed by atoms with E-state index in [1.54, 1.807) is 0 Å². The molecule has 0 aromatic heterocycles. The maximum absolute atomic E-state index is 6.41. The highest BCUT2D eigenvalue weighted by atomic mass is 16.5. The second-order valence-corrected chi connectivity index (χ2v) is 9.89. The van der Waals surface area contributed by atoms with Crippen LogP contribution in [0.2, 0.25) is 0 Å². The van der Waals surface area contributed by atoms with Crippen LogP contribution >= 0.6 is 0 Å². The molecule has 1 unspecified atom stereocenters. The summed E-state index contributed by atoms with van der Waals surface area (Å²) < 4.78 is 6.41. The number of hydrogen-bond acceptors (Lipinski definition) is 1. The molecule has 7 rings (SSSR count).